The number of nitrogens with one attached hydrogen (secondary N) is 1. The van der Waals surface area contributed by atoms with Crippen LogP contribution in [0.2, 0.25) is 5.02 Å². The van der Waals surface area contributed by atoms with Crippen molar-refractivity contribution < 1.29 is 13.2 Å². The van der Waals surface area contributed by atoms with Gasteiger partial charge >= 0.3 is 6.18 Å². The topological polar surface area (TPSA) is 12.0 Å². The van der Waals surface area contributed by atoms with E-state index in [0.29, 0.717) is 24.3 Å². The summed E-state index contributed by atoms with van der Waals surface area (Å²) >= 11 is 5.85. The molecular weight excluding hydrogens is 299 g/mol. The Morgan fingerprint density at radius 2 is 1.81 bits per heavy atom. The van der Waals surface area contributed by atoms with Gasteiger partial charge in [-0.2, -0.15) is 13.2 Å². The predicted octanol–water partition coefficient (Wildman–Crippen LogP) is 4.84. The third-order valence-electron chi connectivity index (χ3n) is 4.50. The molecule has 0 aliphatic heterocycles. The largest absolute Gasteiger partial charge is 0.392 e. The van der Waals surface area contributed by atoms with Crippen molar-refractivity contribution in [1.29, 1.82) is 0 Å². The average molecular weight is 320 g/mol. The number of hydrogen-bond acceptors (Lipinski definition) is 1. The Balaban J connectivity index is 2.12. The minimum Gasteiger partial charge on any atom is -0.316 e. The molecule has 0 bridgehead atoms. The smallest absolute Gasteiger partial charge is 0.316 e. The zero-order chi connectivity index (χ0) is 15.5. The number of likely N-dealkylation sites (N-methyl/N-ethyl adjacent to an activating group) is 1. The fourth-order valence-corrected chi connectivity index (χ4v) is 3.52. The second-order valence-corrected chi connectivity index (χ2v) is 6.26. The number of hydrogen-bond donors (Lipinski definition) is 1. The lowest BCUT2D eigenvalue weighted by Gasteiger charge is -2.38. The maximum Gasteiger partial charge on any atom is 0.392 e. The first-order chi connectivity index (χ1) is 9.91. The molecule has 1 N–H and O–H groups in total. The summed E-state index contributed by atoms with van der Waals surface area (Å²) in [5, 5.41) is 3.75. The summed E-state index contributed by atoms with van der Waals surface area (Å²) in [6.07, 6.45) is -1.03. The van der Waals surface area contributed by atoms with Gasteiger partial charge in [0.1, 0.15) is 0 Å². The van der Waals surface area contributed by atoms with Crippen molar-refractivity contribution in [3.8, 4) is 0 Å². The highest BCUT2D eigenvalue weighted by Crippen LogP contribution is 2.43. The van der Waals surface area contributed by atoms with Gasteiger partial charge < -0.3 is 5.32 Å². The lowest BCUT2D eigenvalue weighted by Crippen LogP contribution is -2.45. The minimum absolute atomic E-state index is 0.155. The van der Waals surface area contributed by atoms with Crippen LogP contribution in [0.1, 0.15) is 31.2 Å². The van der Waals surface area contributed by atoms with Crippen molar-refractivity contribution in [1.82, 2.24) is 5.32 Å². The summed E-state index contributed by atoms with van der Waals surface area (Å²) in [5.41, 5.74) is 1.02. The number of benzene rings is 1. The van der Waals surface area contributed by atoms with Gasteiger partial charge in [0.25, 0.3) is 0 Å². The van der Waals surface area contributed by atoms with Crippen LogP contribution in [-0.4, -0.2) is 19.3 Å². The molecule has 1 nitrogen and oxygen atoms in total. The summed E-state index contributed by atoms with van der Waals surface area (Å²) in [4.78, 5) is 0. The molecule has 0 aromatic heterocycles. The van der Waals surface area contributed by atoms with Gasteiger partial charge in [-0.3, -0.25) is 0 Å². The zero-order valence-corrected chi connectivity index (χ0v) is 12.8. The van der Waals surface area contributed by atoms with Crippen LogP contribution in [0, 0.1) is 11.8 Å². The third kappa shape index (κ3) is 4.36. The lowest BCUT2D eigenvalue weighted by molar-refractivity contribution is -0.199. The number of alkyl halides is 3. The van der Waals surface area contributed by atoms with E-state index in [1.807, 2.05) is 12.1 Å². The van der Waals surface area contributed by atoms with E-state index >= 15 is 0 Å². The molecule has 0 spiro atoms. The van der Waals surface area contributed by atoms with E-state index in [1.54, 1.807) is 19.2 Å². The molecule has 0 amide bonds. The minimum atomic E-state index is -4.10. The summed E-state index contributed by atoms with van der Waals surface area (Å²) < 4.78 is 39.7. The summed E-state index contributed by atoms with van der Waals surface area (Å²) in [7, 11) is 1.75. The first-order valence-corrected chi connectivity index (χ1v) is 7.78. The van der Waals surface area contributed by atoms with Crippen LogP contribution < -0.4 is 5.32 Å². The molecule has 1 aliphatic rings. The highest BCUT2D eigenvalue weighted by molar-refractivity contribution is 6.30. The van der Waals surface area contributed by atoms with Gasteiger partial charge in [0.2, 0.25) is 0 Å². The predicted molar refractivity (Wildman–Crippen MR) is 79.5 cm³/mol. The molecule has 1 aromatic rings. The van der Waals surface area contributed by atoms with Crippen molar-refractivity contribution in [2.75, 3.05) is 7.05 Å². The van der Waals surface area contributed by atoms with E-state index in [2.05, 4.69) is 5.32 Å². The van der Waals surface area contributed by atoms with E-state index in [1.165, 1.54) is 0 Å². The Morgan fingerprint density at radius 1 is 1.19 bits per heavy atom. The van der Waals surface area contributed by atoms with Crippen molar-refractivity contribution in [2.24, 2.45) is 11.8 Å². The Hall–Kier alpha value is -0.740. The SMILES string of the molecule is CNC(Cc1ccc(Cl)cc1)C1CCCCC1C(F)(F)F. The van der Waals surface area contributed by atoms with Crippen molar-refractivity contribution in [3.05, 3.63) is 34.9 Å². The fourth-order valence-electron chi connectivity index (χ4n) is 3.39. The van der Waals surface area contributed by atoms with Gasteiger partial charge in [-0.05, 0) is 49.9 Å². The molecule has 3 unspecified atom stereocenters. The molecule has 0 heterocycles. The molecule has 1 aliphatic carbocycles. The molecule has 0 radical (unpaired) electrons. The first kappa shape index (κ1) is 16.6. The Labute approximate surface area is 128 Å². The summed E-state index contributed by atoms with van der Waals surface area (Å²) in [6, 6.07) is 7.19. The molecule has 118 valence electrons. The molecule has 1 saturated carbocycles. The van der Waals surface area contributed by atoms with Crippen LogP contribution >= 0.6 is 11.6 Å². The van der Waals surface area contributed by atoms with Crippen LogP contribution in [0.4, 0.5) is 13.2 Å². The number of rotatable bonds is 4. The molecule has 1 aromatic carbocycles. The average Bonchev–Trinajstić information content (AvgIpc) is 2.46. The third-order valence-corrected chi connectivity index (χ3v) is 4.75. The van der Waals surface area contributed by atoms with Gasteiger partial charge in [0, 0.05) is 11.1 Å². The van der Waals surface area contributed by atoms with Gasteiger partial charge in [0.05, 0.1) is 5.92 Å². The normalized spacial score (nSPS) is 24.8. The second-order valence-electron chi connectivity index (χ2n) is 5.82. The van der Waals surface area contributed by atoms with Crippen LogP contribution in [0.3, 0.4) is 0 Å². The monoisotopic (exact) mass is 319 g/mol. The standard InChI is InChI=1S/C16H21ClF3N/c1-21-15(10-11-6-8-12(17)9-7-11)13-4-2-3-5-14(13)16(18,19)20/h6-9,13-15,21H,2-5,10H2,1H3. The van der Waals surface area contributed by atoms with E-state index in [-0.39, 0.29) is 18.4 Å². The van der Waals surface area contributed by atoms with Crippen LogP contribution in [0.5, 0.6) is 0 Å². The molecule has 3 atom stereocenters. The Morgan fingerprint density at radius 3 is 2.38 bits per heavy atom. The molecule has 2 rings (SSSR count). The molecular formula is C16H21ClF3N. The molecule has 0 saturated heterocycles. The highest BCUT2D eigenvalue weighted by atomic mass is 35.5. The van der Waals surface area contributed by atoms with Crippen LogP contribution in [0.15, 0.2) is 24.3 Å². The van der Waals surface area contributed by atoms with E-state index < -0.39 is 12.1 Å². The first-order valence-electron chi connectivity index (χ1n) is 7.40. The highest BCUT2D eigenvalue weighted by Gasteiger charge is 2.47. The Kier molecular flexibility index (Phi) is 5.55. The van der Waals surface area contributed by atoms with Gasteiger partial charge in [-0.25, -0.2) is 0 Å². The number of halogens is 4. The van der Waals surface area contributed by atoms with E-state index in [0.717, 1.165) is 12.0 Å². The lowest BCUT2D eigenvalue weighted by atomic mass is 9.73. The van der Waals surface area contributed by atoms with Crippen LogP contribution in [0.25, 0.3) is 0 Å². The quantitative estimate of drug-likeness (QED) is 0.837. The second kappa shape index (κ2) is 7.01. The van der Waals surface area contributed by atoms with Gasteiger partial charge in [0.15, 0.2) is 0 Å². The Bertz CT molecular complexity index is 444. The van der Waals surface area contributed by atoms with Gasteiger partial charge in [-0.1, -0.05) is 36.6 Å². The maximum absolute atomic E-state index is 13.2. The molecule has 5 heteroatoms. The van der Waals surface area contributed by atoms with Gasteiger partial charge in [-0.15, -0.1) is 0 Å². The van der Waals surface area contributed by atoms with Crippen molar-refractivity contribution in [2.45, 2.75) is 44.3 Å². The fraction of sp³-hybridized carbons (Fsp3) is 0.625. The molecule has 1 fully saturated rings. The molecule has 21 heavy (non-hydrogen) atoms. The summed E-state index contributed by atoms with van der Waals surface area (Å²) in [6.45, 7) is 0. The zero-order valence-electron chi connectivity index (χ0n) is 12.1. The summed E-state index contributed by atoms with van der Waals surface area (Å²) in [5.74, 6) is -1.53. The van der Waals surface area contributed by atoms with E-state index in [4.69, 9.17) is 11.6 Å². The van der Waals surface area contributed by atoms with E-state index in [9.17, 15) is 13.2 Å². The van der Waals surface area contributed by atoms with Crippen molar-refractivity contribution >= 4 is 11.6 Å². The maximum atomic E-state index is 13.2. The van der Waals surface area contributed by atoms with Crippen molar-refractivity contribution in [3.63, 3.8) is 0 Å². The van der Waals surface area contributed by atoms with Crippen LogP contribution in [-0.2, 0) is 6.42 Å².